The van der Waals surface area contributed by atoms with Crippen LogP contribution in [0.25, 0.3) is 0 Å². The van der Waals surface area contributed by atoms with Crippen molar-refractivity contribution in [2.24, 2.45) is 12.0 Å². The molecule has 1 amide bonds. The van der Waals surface area contributed by atoms with Crippen molar-refractivity contribution in [1.82, 2.24) is 4.57 Å². The molecule has 140 valence electrons. The number of anilines is 1. The van der Waals surface area contributed by atoms with Gasteiger partial charge in [0.25, 0.3) is 0 Å². The molecule has 0 saturated heterocycles. The lowest BCUT2D eigenvalue weighted by Crippen LogP contribution is -2.22. The number of amides is 1. The first-order valence-corrected chi connectivity index (χ1v) is 10.5. The van der Waals surface area contributed by atoms with E-state index in [1.54, 1.807) is 11.3 Å². The van der Waals surface area contributed by atoms with Crippen LogP contribution in [-0.2, 0) is 18.3 Å². The maximum atomic E-state index is 12.4. The summed E-state index contributed by atoms with van der Waals surface area (Å²) in [6.45, 7) is 4.33. The standard InChI is InChI=1S/C21H29N3OS/c1-15(2)16-9-11-18(12-10-16)22-20(25)13-19-14-26-21(24(19)3)23-17-7-5-4-6-8-17/h9-12,14-15,17H,4-8,13H2,1-3H3,(H,22,25). The van der Waals surface area contributed by atoms with E-state index >= 15 is 0 Å². The van der Waals surface area contributed by atoms with E-state index in [9.17, 15) is 4.79 Å². The Morgan fingerprint density at radius 1 is 1.23 bits per heavy atom. The number of hydrogen-bond acceptors (Lipinski definition) is 3. The zero-order valence-corrected chi connectivity index (χ0v) is 16.8. The van der Waals surface area contributed by atoms with Crippen molar-refractivity contribution in [2.45, 2.75) is 64.3 Å². The molecule has 26 heavy (non-hydrogen) atoms. The van der Waals surface area contributed by atoms with Gasteiger partial charge in [-0.05, 0) is 36.5 Å². The molecule has 0 atom stereocenters. The predicted octanol–water partition coefficient (Wildman–Crippen LogP) is 4.62. The second kappa shape index (κ2) is 8.67. The van der Waals surface area contributed by atoms with E-state index in [0.29, 0.717) is 18.4 Å². The average Bonchev–Trinajstić information content (AvgIpc) is 2.96. The van der Waals surface area contributed by atoms with Crippen molar-refractivity contribution >= 4 is 22.9 Å². The zero-order valence-electron chi connectivity index (χ0n) is 16.0. The molecule has 3 rings (SSSR count). The van der Waals surface area contributed by atoms with Crippen LogP contribution in [0.3, 0.4) is 0 Å². The predicted molar refractivity (Wildman–Crippen MR) is 109 cm³/mol. The monoisotopic (exact) mass is 371 g/mol. The molecule has 4 nitrogen and oxygen atoms in total. The highest BCUT2D eigenvalue weighted by atomic mass is 32.1. The number of nitrogens with zero attached hydrogens (tertiary/aromatic N) is 2. The Kier molecular flexibility index (Phi) is 6.30. The van der Waals surface area contributed by atoms with Crippen molar-refractivity contribution in [3.05, 3.63) is 45.7 Å². The van der Waals surface area contributed by atoms with Gasteiger partial charge >= 0.3 is 0 Å². The number of carbonyl (C=O) groups is 1. The number of thiazole rings is 1. The molecule has 5 heteroatoms. The number of hydrogen-bond donors (Lipinski definition) is 1. The van der Waals surface area contributed by atoms with Crippen LogP contribution in [0, 0.1) is 0 Å². The van der Waals surface area contributed by atoms with Gasteiger partial charge in [0.15, 0.2) is 4.80 Å². The van der Waals surface area contributed by atoms with Gasteiger partial charge in [-0.25, -0.2) is 0 Å². The van der Waals surface area contributed by atoms with E-state index in [0.717, 1.165) is 16.2 Å². The molecule has 2 aromatic rings. The first kappa shape index (κ1) is 18.9. The van der Waals surface area contributed by atoms with E-state index in [-0.39, 0.29) is 5.91 Å². The lowest BCUT2D eigenvalue weighted by atomic mass is 9.96. The van der Waals surface area contributed by atoms with Crippen molar-refractivity contribution < 1.29 is 4.79 Å². The summed E-state index contributed by atoms with van der Waals surface area (Å²) >= 11 is 1.64. The van der Waals surface area contributed by atoms with E-state index in [1.807, 2.05) is 19.2 Å². The maximum Gasteiger partial charge on any atom is 0.230 e. The Hall–Kier alpha value is -1.88. The molecule has 1 saturated carbocycles. The van der Waals surface area contributed by atoms with Crippen LogP contribution in [0.1, 0.15) is 63.1 Å². The van der Waals surface area contributed by atoms with Gasteiger partial charge in [-0.2, -0.15) is 0 Å². The first-order valence-electron chi connectivity index (χ1n) is 9.60. The van der Waals surface area contributed by atoms with Crippen LogP contribution in [0.5, 0.6) is 0 Å². The van der Waals surface area contributed by atoms with Crippen LogP contribution < -0.4 is 10.1 Å². The molecule has 1 aromatic carbocycles. The highest BCUT2D eigenvalue weighted by Gasteiger charge is 2.13. The van der Waals surface area contributed by atoms with Gasteiger partial charge in [-0.3, -0.25) is 9.79 Å². The summed E-state index contributed by atoms with van der Waals surface area (Å²) < 4.78 is 2.07. The fourth-order valence-corrected chi connectivity index (χ4v) is 4.33. The molecular formula is C21H29N3OS. The minimum atomic E-state index is 0.0138. The number of nitrogens with one attached hydrogen (secondary N) is 1. The van der Waals surface area contributed by atoms with Crippen molar-refractivity contribution in [3.8, 4) is 0 Å². The maximum absolute atomic E-state index is 12.4. The summed E-state index contributed by atoms with van der Waals surface area (Å²) in [5.41, 5.74) is 3.14. The molecule has 0 aliphatic heterocycles. The quantitative estimate of drug-likeness (QED) is 0.819. The van der Waals surface area contributed by atoms with E-state index < -0.39 is 0 Å². The highest BCUT2D eigenvalue weighted by Crippen LogP contribution is 2.20. The van der Waals surface area contributed by atoms with Gasteiger partial charge in [0.2, 0.25) is 5.91 Å². The van der Waals surface area contributed by atoms with Crippen LogP contribution in [0.15, 0.2) is 34.6 Å². The van der Waals surface area contributed by atoms with Gasteiger partial charge in [0.1, 0.15) is 0 Å². The molecule has 1 N–H and O–H groups in total. The van der Waals surface area contributed by atoms with Crippen LogP contribution in [-0.4, -0.2) is 16.5 Å². The third-order valence-corrected chi connectivity index (χ3v) is 6.07. The lowest BCUT2D eigenvalue weighted by molar-refractivity contribution is -0.115. The van der Waals surface area contributed by atoms with Crippen molar-refractivity contribution in [3.63, 3.8) is 0 Å². The van der Waals surface area contributed by atoms with Gasteiger partial charge in [0, 0.05) is 23.8 Å². The summed E-state index contributed by atoms with van der Waals surface area (Å²) in [6.07, 6.45) is 6.67. The fourth-order valence-electron chi connectivity index (χ4n) is 3.37. The molecule has 1 heterocycles. The fraction of sp³-hybridized carbons (Fsp3) is 0.524. The second-order valence-electron chi connectivity index (χ2n) is 7.49. The van der Waals surface area contributed by atoms with E-state index in [2.05, 4.69) is 41.2 Å². The molecule has 0 unspecified atom stereocenters. The highest BCUT2D eigenvalue weighted by molar-refractivity contribution is 7.07. The summed E-state index contributed by atoms with van der Waals surface area (Å²) in [7, 11) is 2.01. The molecule has 1 aliphatic rings. The minimum absolute atomic E-state index is 0.0138. The summed E-state index contributed by atoms with van der Waals surface area (Å²) in [5, 5.41) is 5.05. The molecule has 1 fully saturated rings. The Balaban J connectivity index is 1.63. The van der Waals surface area contributed by atoms with Gasteiger partial charge in [-0.1, -0.05) is 45.2 Å². The Labute approximate surface area is 160 Å². The Morgan fingerprint density at radius 3 is 2.58 bits per heavy atom. The van der Waals surface area contributed by atoms with Gasteiger partial charge in [0.05, 0.1) is 12.5 Å². The minimum Gasteiger partial charge on any atom is -0.326 e. The SMILES string of the molecule is CC(C)c1ccc(NC(=O)Cc2csc(=NC3CCCCC3)n2C)cc1. The molecule has 0 radical (unpaired) electrons. The van der Waals surface area contributed by atoms with E-state index in [1.165, 1.54) is 37.7 Å². The van der Waals surface area contributed by atoms with Crippen molar-refractivity contribution in [2.75, 3.05) is 5.32 Å². The number of carbonyl (C=O) groups excluding carboxylic acids is 1. The molecular weight excluding hydrogens is 342 g/mol. The van der Waals surface area contributed by atoms with Gasteiger partial charge in [-0.15, -0.1) is 11.3 Å². The van der Waals surface area contributed by atoms with Crippen molar-refractivity contribution in [1.29, 1.82) is 0 Å². The molecule has 0 spiro atoms. The average molecular weight is 372 g/mol. The number of benzene rings is 1. The summed E-state index contributed by atoms with van der Waals surface area (Å²) in [6, 6.07) is 8.56. The van der Waals surface area contributed by atoms with Gasteiger partial charge < -0.3 is 9.88 Å². The van der Waals surface area contributed by atoms with Crippen LogP contribution >= 0.6 is 11.3 Å². The topological polar surface area (TPSA) is 46.4 Å². The van der Waals surface area contributed by atoms with Crippen LogP contribution in [0.2, 0.25) is 0 Å². The third kappa shape index (κ3) is 4.85. The lowest BCUT2D eigenvalue weighted by Gasteiger charge is -2.16. The summed E-state index contributed by atoms with van der Waals surface area (Å²) in [5.74, 6) is 0.510. The third-order valence-electron chi connectivity index (χ3n) is 5.09. The number of aromatic nitrogens is 1. The van der Waals surface area contributed by atoms with E-state index in [4.69, 9.17) is 4.99 Å². The second-order valence-corrected chi connectivity index (χ2v) is 8.33. The largest absolute Gasteiger partial charge is 0.326 e. The first-order chi connectivity index (χ1) is 12.5. The van der Waals surface area contributed by atoms with Crippen LogP contribution in [0.4, 0.5) is 5.69 Å². The molecule has 0 bridgehead atoms. The Morgan fingerprint density at radius 2 is 1.92 bits per heavy atom. The smallest absolute Gasteiger partial charge is 0.230 e. The Bertz CT molecular complexity index is 795. The molecule has 1 aliphatic carbocycles. The zero-order chi connectivity index (χ0) is 18.5. The number of rotatable bonds is 5. The molecule has 1 aromatic heterocycles. The summed E-state index contributed by atoms with van der Waals surface area (Å²) in [4.78, 5) is 18.3. The normalized spacial score (nSPS) is 16.2.